The van der Waals surface area contributed by atoms with Gasteiger partial charge in [-0.2, -0.15) is 0 Å². The van der Waals surface area contributed by atoms with Gasteiger partial charge in [0, 0.05) is 6.04 Å². The molecule has 1 aliphatic rings. The zero-order valence-electron chi connectivity index (χ0n) is 12.5. The second-order valence-electron chi connectivity index (χ2n) is 5.31. The molecule has 1 aromatic heterocycles. The van der Waals surface area contributed by atoms with Crippen LogP contribution in [0, 0.1) is 0 Å². The van der Waals surface area contributed by atoms with E-state index < -0.39 is 6.09 Å². The lowest BCUT2D eigenvalue weighted by molar-refractivity contribution is 0.168. The summed E-state index contributed by atoms with van der Waals surface area (Å²) in [5.41, 5.74) is 6.35. The number of hydrogen-bond acceptors (Lipinski definition) is 5. The Morgan fingerprint density at radius 3 is 2.67 bits per heavy atom. The van der Waals surface area contributed by atoms with Gasteiger partial charge in [-0.1, -0.05) is 25.7 Å². The number of nitrogens with one attached hydrogen (secondary N) is 2. The highest BCUT2D eigenvalue weighted by Gasteiger charge is 2.13. The Balaban J connectivity index is 1.96. The van der Waals surface area contributed by atoms with Crippen LogP contribution in [0.5, 0.6) is 0 Å². The second-order valence-corrected chi connectivity index (χ2v) is 5.31. The minimum absolute atomic E-state index is 0.293. The Morgan fingerprint density at radius 2 is 2.05 bits per heavy atom. The van der Waals surface area contributed by atoms with Gasteiger partial charge in [-0.25, -0.2) is 9.78 Å². The maximum absolute atomic E-state index is 11.4. The predicted molar refractivity (Wildman–Crippen MR) is 84.4 cm³/mol. The van der Waals surface area contributed by atoms with E-state index >= 15 is 0 Å². The summed E-state index contributed by atoms with van der Waals surface area (Å²) in [5.74, 6) is 1.05. The highest BCUT2D eigenvalue weighted by molar-refractivity contribution is 5.88. The van der Waals surface area contributed by atoms with E-state index in [0.29, 0.717) is 24.2 Å². The lowest BCUT2D eigenvalue weighted by Gasteiger charge is -2.17. The lowest BCUT2D eigenvalue weighted by Crippen LogP contribution is -2.20. The fourth-order valence-electron chi connectivity index (χ4n) is 2.57. The van der Waals surface area contributed by atoms with Gasteiger partial charge < -0.3 is 15.8 Å². The Labute approximate surface area is 125 Å². The van der Waals surface area contributed by atoms with Gasteiger partial charge in [-0.05, 0) is 31.9 Å². The average Bonchev–Trinajstić information content (AvgIpc) is 2.71. The monoisotopic (exact) mass is 292 g/mol. The molecule has 1 saturated carbocycles. The van der Waals surface area contributed by atoms with Crippen LogP contribution < -0.4 is 16.4 Å². The predicted octanol–water partition coefficient (Wildman–Crippen LogP) is 3.37. The van der Waals surface area contributed by atoms with E-state index in [1.807, 2.05) is 6.07 Å². The number of nitrogens with two attached hydrogens (primary N) is 1. The number of ether oxygens (including phenoxy) is 1. The van der Waals surface area contributed by atoms with Crippen molar-refractivity contribution in [2.75, 3.05) is 23.0 Å². The molecule has 0 radical (unpaired) electrons. The molecular formula is C15H24N4O2. The van der Waals surface area contributed by atoms with Gasteiger partial charge in [-0.15, -0.1) is 0 Å². The van der Waals surface area contributed by atoms with Gasteiger partial charge in [0.15, 0.2) is 0 Å². The maximum atomic E-state index is 11.4. The molecular weight excluding hydrogens is 268 g/mol. The van der Waals surface area contributed by atoms with Crippen LogP contribution in [0.15, 0.2) is 12.1 Å². The number of nitrogens with zero attached hydrogens (tertiary/aromatic N) is 1. The summed E-state index contributed by atoms with van der Waals surface area (Å²) >= 11 is 0. The van der Waals surface area contributed by atoms with Crippen molar-refractivity contribution in [2.45, 2.75) is 51.5 Å². The number of hydrogen-bond donors (Lipinski definition) is 3. The third kappa shape index (κ3) is 4.81. The molecule has 0 spiro atoms. The molecule has 6 nitrogen and oxygen atoms in total. The number of carbonyl (C=O) groups is 1. The highest BCUT2D eigenvalue weighted by atomic mass is 16.5. The summed E-state index contributed by atoms with van der Waals surface area (Å²) in [7, 11) is 0. The molecule has 1 aromatic rings. The first-order chi connectivity index (χ1) is 10.2. The molecule has 116 valence electrons. The van der Waals surface area contributed by atoms with E-state index in [-0.39, 0.29) is 0 Å². The summed E-state index contributed by atoms with van der Waals surface area (Å²) in [6, 6.07) is 4.05. The highest BCUT2D eigenvalue weighted by Crippen LogP contribution is 2.23. The molecule has 21 heavy (non-hydrogen) atoms. The first-order valence-electron chi connectivity index (χ1n) is 7.66. The number of rotatable bonds is 4. The molecule has 1 amide bonds. The molecule has 0 saturated heterocycles. The van der Waals surface area contributed by atoms with Gasteiger partial charge in [0.2, 0.25) is 0 Å². The van der Waals surface area contributed by atoms with Crippen molar-refractivity contribution in [2.24, 2.45) is 0 Å². The van der Waals surface area contributed by atoms with Crippen LogP contribution in [0.1, 0.15) is 45.4 Å². The Bertz CT molecular complexity index is 471. The zero-order chi connectivity index (χ0) is 15.1. The van der Waals surface area contributed by atoms with Gasteiger partial charge in [0.25, 0.3) is 0 Å². The van der Waals surface area contributed by atoms with Crippen molar-refractivity contribution in [1.29, 1.82) is 0 Å². The summed E-state index contributed by atoms with van der Waals surface area (Å²) in [6.45, 7) is 2.07. The van der Waals surface area contributed by atoms with Gasteiger partial charge >= 0.3 is 6.09 Å². The van der Waals surface area contributed by atoms with Crippen LogP contribution in [0.3, 0.4) is 0 Å². The van der Waals surface area contributed by atoms with Crippen molar-refractivity contribution in [3.63, 3.8) is 0 Å². The standard InChI is InChI=1S/C15H24N4O2/c1-2-21-15(20)18-12-9-10-13(19-14(12)16)17-11-7-5-3-4-6-8-11/h9-11H,2-8H2,1H3,(H,18,20)(H3,16,17,19). The number of pyridine rings is 1. The molecule has 1 heterocycles. The summed E-state index contributed by atoms with van der Waals surface area (Å²) in [6.07, 6.45) is 6.97. The quantitative estimate of drug-likeness (QED) is 0.740. The van der Waals surface area contributed by atoms with E-state index in [1.165, 1.54) is 38.5 Å². The number of carbonyl (C=O) groups excluding carboxylic acids is 1. The fourth-order valence-corrected chi connectivity index (χ4v) is 2.57. The van der Waals surface area contributed by atoms with Crippen LogP contribution in [0.25, 0.3) is 0 Å². The van der Waals surface area contributed by atoms with Crippen LogP contribution in [0.2, 0.25) is 0 Å². The number of nitrogen functional groups attached to an aromatic ring is 1. The molecule has 1 aliphatic carbocycles. The number of amides is 1. The first-order valence-corrected chi connectivity index (χ1v) is 7.66. The van der Waals surface area contributed by atoms with Crippen LogP contribution in [-0.2, 0) is 4.74 Å². The van der Waals surface area contributed by atoms with E-state index in [1.54, 1.807) is 13.0 Å². The molecule has 0 aromatic carbocycles. The Hall–Kier alpha value is -1.98. The fraction of sp³-hybridized carbons (Fsp3) is 0.600. The number of aromatic nitrogens is 1. The minimum atomic E-state index is -0.518. The number of anilines is 3. The third-order valence-electron chi connectivity index (χ3n) is 3.64. The minimum Gasteiger partial charge on any atom is -0.450 e. The van der Waals surface area contributed by atoms with E-state index in [2.05, 4.69) is 15.6 Å². The third-order valence-corrected chi connectivity index (χ3v) is 3.64. The molecule has 6 heteroatoms. The van der Waals surface area contributed by atoms with E-state index in [4.69, 9.17) is 10.5 Å². The summed E-state index contributed by atoms with van der Waals surface area (Å²) in [4.78, 5) is 15.7. The normalized spacial score (nSPS) is 16.0. The SMILES string of the molecule is CCOC(=O)Nc1ccc(NC2CCCCCC2)nc1N. The molecule has 2 rings (SSSR count). The summed E-state index contributed by atoms with van der Waals surface area (Å²) in [5, 5.41) is 6.01. The van der Waals surface area contributed by atoms with Crippen LogP contribution >= 0.6 is 0 Å². The Kier molecular flexibility index (Phi) is 5.66. The molecule has 0 unspecified atom stereocenters. The molecule has 1 fully saturated rings. The topological polar surface area (TPSA) is 89.3 Å². The maximum Gasteiger partial charge on any atom is 0.411 e. The average molecular weight is 292 g/mol. The molecule has 0 bridgehead atoms. The van der Waals surface area contributed by atoms with Gasteiger partial charge in [0.05, 0.1) is 12.3 Å². The van der Waals surface area contributed by atoms with E-state index in [0.717, 1.165) is 5.82 Å². The van der Waals surface area contributed by atoms with Crippen molar-refractivity contribution in [3.8, 4) is 0 Å². The van der Waals surface area contributed by atoms with Crippen molar-refractivity contribution in [1.82, 2.24) is 4.98 Å². The lowest BCUT2D eigenvalue weighted by atomic mass is 10.1. The van der Waals surface area contributed by atoms with Crippen molar-refractivity contribution in [3.05, 3.63) is 12.1 Å². The molecule has 4 N–H and O–H groups in total. The first kappa shape index (κ1) is 15.4. The molecule has 0 aliphatic heterocycles. The Morgan fingerprint density at radius 1 is 1.33 bits per heavy atom. The second kappa shape index (κ2) is 7.71. The van der Waals surface area contributed by atoms with Crippen molar-refractivity contribution >= 4 is 23.4 Å². The van der Waals surface area contributed by atoms with Crippen molar-refractivity contribution < 1.29 is 9.53 Å². The largest absolute Gasteiger partial charge is 0.450 e. The van der Waals surface area contributed by atoms with Gasteiger partial charge in [-0.3, -0.25) is 5.32 Å². The van der Waals surface area contributed by atoms with Gasteiger partial charge in [0.1, 0.15) is 11.6 Å². The zero-order valence-corrected chi connectivity index (χ0v) is 12.5. The van der Waals surface area contributed by atoms with Crippen LogP contribution in [0.4, 0.5) is 22.1 Å². The van der Waals surface area contributed by atoms with Crippen LogP contribution in [-0.4, -0.2) is 23.7 Å². The molecule has 0 atom stereocenters. The van der Waals surface area contributed by atoms with E-state index in [9.17, 15) is 4.79 Å². The smallest absolute Gasteiger partial charge is 0.411 e. The summed E-state index contributed by atoms with van der Waals surface area (Å²) < 4.78 is 4.82.